The molecule has 102 valence electrons. The molecule has 2 atom stereocenters. The van der Waals surface area contributed by atoms with Crippen molar-refractivity contribution in [3.05, 3.63) is 10.0 Å². The predicted molar refractivity (Wildman–Crippen MR) is 71.1 cm³/mol. The average molecular weight is 271 g/mol. The molecular formula is C12H21N3O2S. The molecule has 5 nitrogen and oxygen atoms in total. The second kappa shape index (κ2) is 7.13. The summed E-state index contributed by atoms with van der Waals surface area (Å²) in [4.78, 5) is 0. The van der Waals surface area contributed by atoms with Crippen molar-refractivity contribution < 1.29 is 9.47 Å². The van der Waals surface area contributed by atoms with Crippen LogP contribution in [0.25, 0.3) is 0 Å². The molecule has 1 aromatic rings. The highest BCUT2D eigenvalue weighted by molar-refractivity contribution is 7.11. The van der Waals surface area contributed by atoms with Crippen LogP contribution < -0.4 is 5.32 Å². The molecule has 18 heavy (non-hydrogen) atoms. The van der Waals surface area contributed by atoms with E-state index in [0.29, 0.717) is 5.92 Å². The second-order valence-electron chi connectivity index (χ2n) is 4.50. The van der Waals surface area contributed by atoms with E-state index < -0.39 is 0 Å². The van der Waals surface area contributed by atoms with Gasteiger partial charge in [0.25, 0.3) is 0 Å². The lowest BCUT2D eigenvalue weighted by molar-refractivity contribution is 0.118. The largest absolute Gasteiger partial charge is 0.383 e. The van der Waals surface area contributed by atoms with Gasteiger partial charge >= 0.3 is 0 Å². The van der Waals surface area contributed by atoms with Crippen LogP contribution in [0.2, 0.25) is 0 Å². The van der Waals surface area contributed by atoms with Crippen molar-refractivity contribution in [1.29, 1.82) is 0 Å². The van der Waals surface area contributed by atoms with E-state index in [1.165, 1.54) is 0 Å². The maximum absolute atomic E-state index is 5.57. The molecule has 2 unspecified atom stereocenters. The zero-order valence-electron chi connectivity index (χ0n) is 11.0. The molecule has 2 heterocycles. The molecular weight excluding hydrogens is 250 g/mol. The monoisotopic (exact) mass is 271 g/mol. The van der Waals surface area contributed by atoms with Crippen LogP contribution in [-0.2, 0) is 15.9 Å². The highest BCUT2D eigenvalue weighted by atomic mass is 32.1. The first-order chi connectivity index (χ1) is 8.81. The van der Waals surface area contributed by atoms with Crippen LogP contribution >= 0.6 is 11.3 Å². The molecule has 0 spiro atoms. The number of hydrogen-bond donors (Lipinski definition) is 1. The lowest BCUT2D eigenvalue weighted by atomic mass is 10.0. The van der Waals surface area contributed by atoms with Crippen molar-refractivity contribution in [3.8, 4) is 0 Å². The minimum atomic E-state index is 0.283. The third-order valence-corrected chi connectivity index (χ3v) is 4.29. The number of nitrogens with one attached hydrogen (secondary N) is 1. The lowest BCUT2D eigenvalue weighted by Crippen LogP contribution is -2.21. The highest BCUT2D eigenvalue weighted by Gasteiger charge is 2.28. The summed E-state index contributed by atoms with van der Waals surface area (Å²) in [6, 6.07) is 0. The Kier molecular flexibility index (Phi) is 5.49. The van der Waals surface area contributed by atoms with Crippen LogP contribution in [0.3, 0.4) is 0 Å². The molecule has 6 heteroatoms. The first-order valence-electron chi connectivity index (χ1n) is 6.45. The van der Waals surface area contributed by atoms with Crippen molar-refractivity contribution in [3.63, 3.8) is 0 Å². The molecule has 0 bridgehead atoms. The normalized spacial score (nSPS) is 23.7. The Labute approximate surface area is 112 Å². The molecule has 0 aliphatic carbocycles. The van der Waals surface area contributed by atoms with Gasteiger partial charge in [0.05, 0.1) is 12.7 Å². The SMILES string of the molecule is COCCNCCc1nnc(C2CCOC2C)s1. The molecule has 1 N–H and O–H groups in total. The Hall–Kier alpha value is -0.560. The third kappa shape index (κ3) is 3.71. The quantitative estimate of drug-likeness (QED) is 0.755. The summed E-state index contributed by atoms with van der Waals surface area (Å²) < 4.78 is 10.5. The van der Waals surface area contributed by atoms with E-state index in [1.807, 2.05) is 0 Å². The lowest BCUT2D eigenvalue weighted by Gasteiger charge is -2.08. The highest BCUT2D eigenvalue weighted by Crippen LogP contribution is 2.32. The zero-order valence-corrected chi connectivity index (χ0v) is 11.8. The van der Waals surface area contributed by atoms with E-state index in [4.69, 9.17) is 9.47 Å². The van der Waals surface area contributed by atoms with E-state index in [0.717, 1.165) is 49.2 Å². The maximum Gasteiger partial charge on any atom is 0.123 e. The standard InChI is InChI=1S/C12H21N3O2S/c1-9-10(4-7-17-9)12-15-14-11(18-12)3-5-13-6-8-16-2/h9-10,13H,3-8H2,1-2H3. The molecule has 1 aromatic heterocycles. The van der Waals surface area contributed by atoms with Gasteiger partial charge in [0, 0.05) is 39.1 Å². The topological polar surface area (TPSA) is 56.3 Å². The summed E-state index contributed by atoms with van der Waals surface area (Å²) in [6.45, 7) is 5.52. The fourth-order valence-corrected chi connectivity index (χ4v) is 3.14. The average Bonchev–Trinajstić information content (AvgIpc) is 2.97. The van der Waals surface area contributed by atoms with Crippen LogP contribution in [0.5, 0.6) is 0 Å². The van der Waals surface area contributed by atoms with Crippen LogP contribution in [-0.4, -0.2) is 49.7 Å². The van der Waals surface area contributed by atoms with Gasteiger partial charge in [-0.3, -0.25) is 0 Å². The first-order valence-corrected chi connectivity index (χ1v) is 7.26. The maximum atomic E-state index is 5.57. The van der Waals surface area contributed by atoms with Crippen molar-refractivity contribution in [2.75, 3.05) is 33.4 Å². The Balaban J connectivity index is 1.75. The van der Waals surface area contributed by atoms with Crippen molar-refractivity contribution >= 4 is 11.3 Å². The molecule has 2 rings (SSSR count). The summed E-state index contributed by atoms with van der Waals surface area (Å²) in [5.74, 6) is 0.442. The number of ether oxygens (including phenoxy) is 2. The fourth-order valence-electron chi connectivity index (χ4n) is 2.07. The molecule has 1 saturated heterocycles. The van der Waals surface area contributed by atoms with Crippen molar-refractivity contribution in [1.82, 2.24) is 15.5 Å². The van der Waals surface area contributed by atoms with Crippen molar-refractivity contribution in [2.24, 2.45) is 0 Å². The number of rotatable bonds is 7. The van der Waals surface area contributed by atoms with Gasteiger partial charge in [-0.05, 0) is 13.3 Å². The van der Waals surface area contributed by atoms with Crippen LogP contribution in [0.1, 0.15) is 29.3 Å². The predicted octanol–water partition coefficient (Wildman–Crippen LogP) is 1.21. The summed E-state index contributed by atoms with van der Waals surface area (Å²) in [5.41, 5.74) is 0. The second-order valence-corrected chi connectivity index (χ2v) is 5.59. The van der Waals surface area contributed by atoms with E-state index in [1.54, 1.807) is 18.4 Å². The van der Waals surface area contributed by atoms with Crippen LogP contribution in [0.15, 0.2) is 0 Å². The van der Waals surface area contributed by atoms with Gasteiger partial charge in [-0.1, -0.05) is 0 Å². The minimum absolute atomic E-state index is 0.283. The van der Waals surface area contributed by atoms with Gasteiger partial charge in [0.15, 0.2) is 0 Å². The number of methoxy groups -OCH3 is 1. The summed E-state index contributed by atoms with van der Waals surface area (Å²) in [6.07, 6.45) is 2.29. The molecule has 0 aromatic carbocycles. The smallest absolute Gasteiger partial charge is 0.123 e. The number of aromatic nitrogens is 2. The molecule has 1 aliphatic heterocycles. The fraction of sp³-hybridized carbons (Fsp3) is 0.833. The number of hydrogen-bond acceptors (Lipinski definition) is 6. The Morgan fingerprint density at radius 3 is 3.06 bits per heavy atom. The number of nitrogens with zero attached hydrogens (tertiary/aromatic N) is 2. The van der Waals surface area contributed by atoms with E-state index in [-0.39, 0.29) is 6.10 Å². The molecule has 1 aliphatic rings. The molecule has 0 amide bonds. The van der Waals surface area contributed by atoms with Gasteiger partial charge in [-0.15, -0.1) is 21.5 Å². The Morgan fingerprint density at radius 2 is 2.33 bits per heavy atom. The summed E-state index contributed by atoms with van der Waals surface area (Å²) in [7, 11) is 1.71. The van der Waals surface area contributed by atoms with E-state index in [2.05, 4.69) is 22.4 Å². The first kappa shape index (κ1) is 13.9. The minimum Gasteiger partial charge on any atom is -0.383 e. The molecule has 0 radical (unpaired) electrons. The summed E-state index contributed by atoms with van der Waals surface area (Å²) >= 11 is 1.72. The summed E-state index contributed by atoms with van der Waals surface area (Å²) in [5, 5.41) is 14.1. The zero-order chi connectivity index (χ0) is 12.8. The van der Waals surface area contributed by atoms with Gasteiger partial charge in [0.1, 0.15) is 10.0 Å². The molecule has 1 fully saturated rings. The Morgan fingerprint density at radius 1 is 1.44 bits per heavy atom. The van der Waals surface area contributed by atoms with Gasteiger partial charge in [0.2, 0.25) is 0 Å². The third-order valence-electron chi connectivity index (χ3n) is 3.17. The van der Waals surface area contributed by atoms with Crippen LogP contribution in [0.4, 0.5) is 0 Å². The Bertz CT molecular complexity index is 359. The van der Waals surface area contributed by atoms with Crippen molar-refractivity contribution in [2.45, 2.75) is 31.8 Å². The van der Waals surface area contributed by atoms with Crippen LogP contribution in [0, 0.1) is 0 Å². The van der Waals surface area contributed by atoms with Gasteiger partial charge < -0.3 is 14.8 Å². The molecule has 0 saturated carbocycles. The van der Waals surface area contributed by atoms with Gasteiger partial charge in [-0.25, -0.2) is 0 Å². The van der Waals surface area contributed by atoms with Gasteiger partial charge in [-0.2, -0.15) is 0 Å². The van der Waals surface area contributed by atoms with E-state index >= 15 is 0 Å². The van der Waals surface area contributed by atoms with E-state index in [9.17, 15) is 0 Å².